The van der Waals surface area contributed by atoms with E-state index in [0.717, 1.165) is 24.4 Å². The molecule has 3 N–H and O–H groups in total. The Kier molecular flexibility index (Phi) is 4.99. The van der Waals surface area contributed by atoms with Crippen LogP contribution in [-0.4, -0.2) is 40.0 Å². The summed E-state index contributed by atoms with van der Waals surface area (Å²) in [7, 11) is -4.54. The molecule has 2 aromatic carbocycles. The number of rotatable bonds is 5. The van der Waals surface area contributed by atoms with Crippen LogP contribution in [0.3, 0.4) is 0 Å². The monoisotopic (exact) mass is 401 g/mol. The van der Waals surface area contributed by atoms with Crippen LogP contribution >= 0.6 is 0 Å². The summed E-state index contributed by atoms with van der Waals surface area (Å²) in [6, 6.07) is 11.7. The molecule has 0 fully saturated rings. The van der Waals surface area contributed by atoms with Gasteiger partial charge in [0.1, 0.15) is 0 Å². The third-order valence-corrected chi connectivity index (χ3v) is 4.81. The summed E-state index contributed by atoms with van der Waals surface area (Å²) in [6.45, 7) is 1.65. The number of nitrogens with one attached hydrogen (secondary N) is 1. The number of aromatic nitrogens is 2. The molecule has 0 bridgehead atoms. The lowest BCUT2D eigenvalue weighted by Gasteiger charge is -2.03. The first-order valence-corrected chi connectivity index (χ1v) is 9.38. The molecule has 0 atom stereocenters. The molecular formula is C18H15N3O6S. The van der Waals surface area contributed by atoms with Crippen LogP contribution in [0.25, 0.3) is 5.69 Å². The van der Waals surface area contributed by atoms with Gasteiger partial charge in [0.05, 0.1) is 27.4 Å². The number of carboxylic acids is 1. The minimum Gasteiger partial charge on any atom is -0.478 e. The molecule has 0 saturated carbocycles. The molecule has 10 heteroatoms. The first-order valence-electron chi connectivity index (χ1n) is 7.94. The molecule has 28 heavy (non-hydrogen) atoms. The number of hydrogen-bond acceptors (Lipinski definition) is 5. The van der Waals surface area contributed by atoms with Crippen molar-refractivity contribution in [3.8, 4) is 5.69 Å². The van der Waals surface area contributed by atoms with Gasteiger partial charge in [0.25, 0.3) is 15.7 Å². The third-order valence-electron chi connectivity index (χ3n) is 3.96. The smallest absolute Gasteiger partial charge is 0.337 e. The fraction of sp³-hybridized carbons (Fsp3) is 0.0556. The molecule has 1 heterocycles. The fourth-order valence-corrected chi connectivity index (χ4v) is 3.06. The zero-order valence-corrected chi connectivity index (χ0v) is 15.3. The zero-order valence-electron chi connectivity index (χ0n) is 14.5. The van der Waals surface area contributed by atoms with Gasteiger partial charge in [-0.2, -0.15) is 8.42 Å². The maximum Gasteiger partial charge on any atom is 0.337 e. The molecule has 0 radical (unpaired) electrons. The van der Waals surface area contributed by atoms with E-state index < -0.39 is 26.5 Å². The maximum absolute atomic E-state index is 12.6. The Morgan fingerprint density at radius 1 is 1.18 bits per heavy atom. The van der Waals surface area contributed by atoms with Gasteiger partial charge in [-0.15, -0.1) is 0 Å². The van der Waals surface area contributed by atoms with Gasteiger partial charge in [0.15, 0.2) is 0 Å². The number of nitrogens with zero attached hydrogens (tertiary/aromatic N) is 2. The lowest BCUT2D eigenvalue weighted by Crippen LogP contribution is -2.17. The Hall–Kier alpha value is -3.50. The minimum atomic E-state index is -4.54. The highest BCUT2D eigenvalue weighted by Crippen LogP contribution is 2.24. The molecule has 0 amide bonds. The van der Waals surface area contributed by atoms with Crippen molar-refractivity contribution in [2.24, 2.45) is 4.99 Å². The van der Waals surface area contributed by atoms with Crippen molar-refractivity contribution >= 4 is 28.0 Å². The number of carbonyl (C=O) groups is 1. The molecule has 1 aromatic heterocycles. The van der Waals surface area contributed by atoms with Crippen LogP contribution in [0.15, 0.2) is 63.2 Å². The molecule has 0 aliphatic heterocycles. The van der Waals surface area contributed by atoms with Crippen molar-refractivity contribution in [1.82, 2.24) is 9.78 Å². The number of aromatic amines is 1. The van der Waals surface area contributed by atoms with E-state index in [1.807, 2.05) is 6.07 Å². The lowest BCUT2D eigenvalue weighted by molar-refractivity contribution is 0.0697. The molecule has 3 rings (SSSR count). The average molecular weight is 401 g/mol. The van der Waals surface area contributed by atoms with Gasteiger partial charge in [-0.1, -0.05) is 18.2 Å². The van der Waals surface area contributed by atoms with Gasteiger partial charge in [0, 0.05) is 11.9 Å². The van der Waals surface area contributed by atoms with E-state index in [4.69, 9.17) is 4.55 Å². The second kappa shape index (κ2) is 7.25. The molecule has 0 unspecified atom stereocenters. The van der Waals surface area contributed by atoms with E-state index >= 15 is 0 Å². The highest BCUT2D eigenvalue weighted by molar-refractivity contribution is 7.85. The summed E-state index contributed by atoms with van der Waals surface area (Å²) < 4.78 is 33.1. The number of aromatic carboxylic acids is 1. The quantitative estimate of drug-likeness (QED) is 0.442. The van der Waals surface area contributed by atoms with Crippen molar-refractivity contribution in [2.45, 2.75) is 11.8 Å². The maximum atomic E-state index is 12.6. The molecule has 0 aliphatic carbocycles. The second-order valence-electron chi connectivity index (χ2n) is 5.84. The predicted molar refractivity (Wildman–Crippen MR) is 102 cm³/mol. The van der Waals surface area contributed by atoms with Crippen LogP contribution in [-0.2, 0) is 10.1 Å². The number of H-pyrrole nitrogens is 1. The van der Waals surface area contributed by atoms with Crippen LogP contribution in [0.2, 0.25) is 0 Å². The Balaban J connectivity index is 2.09. The lowest BCUT2D eigenvalue weighted by atomic mass is 10.2. The number of benzene rings is 2. The molecule has 0 spiro atoms. The molecular weight excluding hydrogens is 386 g/mol. The van der Waals surface area contributed by atoms with Crippen molar-refractivity contribution in [3.05, 3.63) is 75.7 Å². The van der Waals surface area contributed by atoms with Crippen molar-refractivity contribution in [1.29, 1.82) is 0 Å². The summed E-state index contributed by atoms with van der Waals surface area (Å²) in [5.41, 5.74) is 0.372. The SMILES string of the molecule is Cc1[nH]n(-c2ccccc2)c(=O)c1C=Nc1cc(S(=O)(=O)O)ccc1C(=O)O. The van der Waals surface area contributed by atoms with Crippen LogP contribution in [0.4, 0.5) is 5.69 Å². The Morgan fingerprint density at radius 2 is 1.86 bits per heavy atom. The highest BCUT2D eigenvalue weighted by atomic mass is 32.2. The Labute approximate surface area is 159 Å². The number of carboxylic acid groups (broad SMARTS) is 1. The van der Waals surface area contributed by atoms with E-state index in [9.17, 15) is 23.1 Å². The number of aliphatic imine (C=N–C) groups is 1. The largest absolute Gasteiger partial charge is 0.478 e. The standard InChI is InChI=1S/C18H15N3O6S/c1-11-15(17(22)21(20-11)12-5-3-2-4-6-12)10-19-16-9-13(28(25,26)27)7-8-14(16)18(23)24/h2-10,20H,1H3,(H,23,24)(H,25,26,27). The average Bonchev–Trinajstić information content (AvgIpc) is 2.93. The number of para-hydroxylation sites is 1. The van der Waals surface area contributed by atoms with E-state index in [-0.39, 0.29) is 16.8 Å². The minimum absolute atomic E-state index is 0.178. The second-order valence-corrected chi connectivity index (χ2v) is 7.27. The molecule has 3 aromatic rings. The predicted octanol–water partition coefficient (Wildman–Crippen LogP) is 2.17. The number of hydrogen-bond donors (Lipinski definition) is 3. The van der Waals surface area contributed by atoms with Gasteiger partial charge < -0.3 is 5.11 Å². The van der Waals surface area contributed by atoms with Gasteiger partial charge >= 0.3 is 5.97 Å². The molecule has 0 saturated heterocycles. The summed E-state index contributed by atoms with van der Waals surface area (Å²) in [6.07, 6.45) is 1.16. The zero-order chi connectivity index (χ0) is 20.5. The van der Waals surface area contributed by atoms with E-state index in [2.05, 4.69) is 10.1 Å². The molecule has 0 aliphatic rings. The first-order chi connectivity index (χ1) is 13.2. The fourth-order valence-electron chi connectivity index (χ4n) is 2.56. The summed E-state index contributed by atoms with van der Waals surface area (Å²) in [4.78, 5) is 27.5. The third kappa shape index (κ3) is 3.77. The highest BCUT2D eigenvalue weighted by Gasteiger charge is 2.16. The summed E-state index contributed by atoms with van der Waals surface area (Å²) >= 11 is 0. The molecule has 144 valence electrons. The van der Waals surface area contributed by atoms with Gasteiger partial charge in [-0.25, -0.2) is 9.48 Å². The van der Waals surface area contributed by atoms with E-state index in [1.165, 1.54) is 4.68 Å². The van der Waals surface area contributed by atoms with Crippen LogP contribution in [0.5, 0.6) is 0 Å². The number of aryl methyl sites for hydroxylation is 1. The van der Waals surface area contributed by atoms with Crippen LogP contribution in [0, 0.1) is 6.92 Å². The topological polar surface area (TPSA) is 142 Å². The molecule has 9 nitrogen and oxygen atoms in total. The van der Waals surface area contributed by atoms with Crippen LogP contribution in [0.1, 0.15) is 21.6 Å². The van der Waals surface area contributed by atoms with Crippen molar-refractivity contribution in [2.75, 3.05) is 0 Å². The van der Waals surface area contributed by atoms with Crippen molar-refractivity contribution < 1.29 is 22.9 Å². The summed E-state index contributed by atoms with van der Waals surface area (Å²) in [5.74, 6) is -1.33. The Bertz CT molecular complexity index is 1240. The summed E-state index contributed by atoms with van der Waals surface area (Å²) in [5, 5.41) is 12.2. The normalized spacial score (nSPS) is 11.8. The van der Waals surface area contributed by atoms with E-state index in [0.29, 0.717) is 11.4 Å². The van der Waals surface area contributed by atoms with Gasteiger partial charge in [0.2, 0.25) is 0 Å². The Morgan fingerprint density at radius 3 is 2.46 bits per heavy atom. The van der Waals surface area contributed by atoms with Gasteiger partial charge in [-0.3, -0.25) is 19.4 Å². The van der Waals surface area contributed by atoms with E-state index in [1.54, 1.807) is 31.2 Å². The van der Waals surface area contributed by atoms with Crippen LogP contribution < -0.4 is 5.56 Å². The van der Waals surface area contributed by atoms with Gasteiger partial charge in [-0.05, 0) is 37.3 Å². The first kappa shape index (κ1) is 19.3. The van der Waals surface area contributed by atoms with Crippen molar-refractivity contribution in [3.63, 3.8) is 0 Å².